The number of phenols is 1. The molecule has 3 aliphatic heterocycles. The lowest BCUT2D eigenvalue weighted by Gasteiger charge is -2.38. The maximum atomic E-state index is 14.0. The van der Waals surface area contributed by atoms with Gasteiger partial charge in [-0.25, -0.2) is 9.59 Å². The van der Waals surface area contributed by atoms with Gasteiger partial charge in [0.2, 0.25) is 0 Å². The van der Waals surface area contributed by atoms with Gasteiger partial charge >= 0.3 is 12.1 Å². The monoisotopic (exact) mass is 647 g/mol. The molecule has 0 spiro atoms. The first-order chi connectivity index (χ1) is 22.7. The third-order valence-corrected chi connectivity index (χ3v) is 10.5. The van der Waals surface area contributed by atoms with Crippen molar-refractivity contribution in [1.82, 2.24) is 19.6 Å². The summed E-state index contributed by atoms with van der Waals surface area (Å²) >= 11 is 0. The number of carbonyl (C=O) groups excluding carboxylic acids is 3. The molecule has 256 valence electrons. The van der Waals surface area contributed by atoms with Gasteiger partial charge in [-0.1, -0.05) is 44.2 Å². The van der Waals surface area contributed by atoms with E-state index >= 15 is 0 Å². The molecule has 2 saturated heterocycles. The fraction of sp³-hybridized carbons (Fsp3) is 0.595. The van der Waals surface area contributed by atoms with Crippen molar-refractivity contribution >= 4 is 23.7 Å². The molecule has 3 aliphatic rings. The number of fused-ring (bicyclic) bond motifs is 1. The van der Waals surface area contributed by atoms with Gasteiger partial charge in [-0.05, 0) is 106 Å². The van der Waals surface area contributed by atoms with Gasteiger partial charge in [0.15, 0.2) is 6.10 Å². The van der Waals surface area contributed by atoms with E-state index in [1.807, 2.05) is 60.0 Å². The summed E-state index contributed by atoms with van der Waals surface area (Å²) in [4.78, 5) is 48.5. The number of likely N-dealkylation sites (tertiary alicyclic amines) is 2. The minimum absolute atomic E-state index is 0.0248. The number of aryl methyl sites for hydroxylation is 2. The van der Waals surface area contributed by atoms with E-state index in [1.165, 1.54) is 0 Å². The molecule has 47 heavy (non-hydrogen) atoms. The van der Waals surface area contributed by atoms with Crippen LogP contribution in [0.15, 0.2) is 36.4 Å². The van der Waals surface area contributed by atoms with Crippen LogP contribution in [0.5, 0.6) is 5.75 Å². The predicted octanol–water partition coefficient (Wildman–Crippen LogP) is 5.58. The molecule has 10 nitrogen and oxygen atoms in total. The second-order valence-electron chi connectivity index (χ2n) is 13.5. The summed E-state index contributed by atoms with van der Waals surface area (Å²) in [7, 11) is 0. The van der Waals surface area contributed by atoms with Crippen LogP contribution in [0.4, 0.5) is 15.3 Å². The maximum absolute atomic E-state index is 14.0. The Morgan fingerprint density at radius 1 is 0.957 bits per heavy atom. The second kappa shape index (κ2) is 15.9. The summed E-state index contributed by atoms with van der Waals surface area (Å²) in [5.74, 6) is 0.676. The summed E-state index contributed by atoms with van der Waals surface area (Å²) < 4.78 is 6.05. The average molecular weight is 648 g/mol. The lowest BCUT2D eigenvalue weighted by atomic mass is 9.92. The molecule has 4 amide bonds. The molecular formula is C37H53N5O5. The standard InChI is InChI=1S/C37H53N5O5/c1-5-39(6-2)17-11-28-12-18-40(19-13-28)35(44)33(25-29-23-26(3)34(43)27(4)24-29)47-37(46)41-20-15-31(16-21-41)42-22-14-30-9-7-8-10-32(30)38-36(42)45/h7-10,23-24,28,31,33,43H,5-6,11-22,25H2,1-4H3,(H,38,45)/t33-/m1/s1. The molecule has 0 saturated carbocycles. The molecule has 2 fully saturated rings. The van der Waals surface area contributed by atoms with Gasteiger partial charge in [-0.15, -0.1) is 0 Å². The minimum Gasteiger partial charge on any atom is -0.507 e. The number of nitrogens with one attached hydrogen (secondary N) is 1. The lowest BCUT2D eigenvalue weighted by Crippen LogP contribution is -2.51. The van der Waals surface area contributed by atoms with Crippen molar-refractivity contribution in [1.29, 1.82) is 0 Å². The van der Waals surface area contributed by atoms with Crippen molar-refractivity contribution in [3.63, 3.8) is 0 Å². The Morgan fingerprint density at radius 2 is 1.60 bits per heavy atom. The van der Waals surface area contributed by atoms with Gasteiger partial charge in [0.1, 0.15) is 5.75 Å². The third kappa shape index (κ3) is 8.58. The smallest absolute Gasteiger partial charge is 0.410 e. The van der Waals surface area contributed by atoms with Crippen molar-refractivity contribution in [2.45, 2.75) is 84.8 Å². The topological polar surface area (TPSA) is 106 Å². The van der Waals surface area contributed by atoms with Crippen molar-refractivity contribution in [2.75, 3.05) is 57.7 Å². The number of para-hydroxylation sites is 1. The third-order valence-electron chi connectivity index (χ3n) is 10.5. The Hall–Kier alpha value is -3.79. The van der Waals surface area contributed by atoms with E-state index in [4.69, 9.17) is 4.74 Å². The summed E-state index contributed by atoms with van der Waals surface area (Å²) in [5.41, 5.74) is 4.30. The van der Waals surface area contributed by atoms with E-state index in [0.29, 0.717) is 51.5 Å². The zero-order valence-corrected chi connectivity index (χ0v) is 28.7. The normalized spacial score (nSPS) is 18.5. The number of carbonyl (C=O) groups is 3. The quantitative estimate of drug-likeness (QED) is 0.349. The van der Waals surface area contributed by atoms with Crippen LogP contribution in [0.3, 0.4) is 0 Å². The molecule has 10 heteroatoms. The fourth-order valence-electron chi connectivity index (χ4n) is 7.40. The number of ether oxygens (including phenoxy) is 1. The Morgan fingerprint density at radius 3 is 2.26 bits per heavy atom. The molecule has 0 radical (unpaired) electrons. The molecule has 0 aromatic heterocycles. The van der Waals surface area contributed by atoms with E-state index in [2.05, 4.69) is 24.1 Å². The molecule has 2 N–H and O–H groups in total. The summed E-state index contributed by atoms with van der Waals surface area (Å²) in [6.07, 6.45) is 3.92. The molecule has 2 aromatic carbocycles. The highest BCUT2D eigenvalue weighted by Gasteiger charge is 2.35. The largest absolute Gasteiger partial charge is 0.507 e. The van der Waals surface area contributed by atoms with E-state index in [0.717, 1.165) is 73.3 Å². The fourth-order valence-corrected chi connectivity index (χ4v) is 7.40. The van der Waals surface area contributed by atoms with Gasteiger partial charge in [-0.2, -0.15) is 0 Å². The van der Waals surface area contributed by atoms with Crippen molar-refractivity contribution in [3.8, 4) is 5.75 Å². The summed E-state index contributed by atoms with van der Waals surface area (Å²) in [6, 6.07) is 11.6. The van der Waals surface area contributed by atoms with Crippen molar-refractivity contribution < 1.29 is 24.2 Å². The highest BCUT2D eigenvalue weighted by molar-refractivity contribution is 5.91. The Bertz CT molecular complexity index is 1370. The second-order valence-corrected chi connectivity index (χ2v) is 13.5. The molecule has 2 aromatic rings. The van der Waals surface area contributed by atoms with Gasteiger partial charge in [0.05, 0.1) is 0 Å². The summed E-state index contributed by atoms with van der Waals surface area (Å²) in [5, 5.41) is 13.4. The van der Waals surface area contributed by atoms with Gasteiger partial charge in [-0.3, -0.25) is 4.79 Å². The Kier molecular flexibility index (Phi) is 11.7. The summed E-state index contributed by atoms with van der Waals surface area (Å²) in [6.45, 7) is 14.1. The average Bonchev–Trinajstić information content (AvgIpc) is 3.25. The minimum atomic E-state index is -0.953. The predicted molar refractivity (Wildman–Crippen MR) is 184 cm³/mol. The number of nitrogens with zero attached hydrogens (tertiary/aromatic N) is 4. The van der Waals surface area contributed by atoms with E-state index < -0.39 is 12.2 Å². The number of phenolic OH excluding ortho intramolecular Hbond substituents is 1. The van der Waals surface area contributed by atoms with Crippen LogP contribution >= 0.6 is 0 Å². The van der Waals surface area contributed by atoms with Crippen molar-refractivity contribution in [2.24, 2.45) is 5.92 Å². The van der Waals surface area contributed by atoms with Gasteiger partial charge in [0, 0.05) is 50.9 Å². The van der Waals surface area contributed by atoms with Gasteiger partial charge in [0.25, 0.3) is 5.91 Å². The Balaban J connectivity index is 1.20. The number of piperidine rings is 2. The van der Waals surface area contributed by atoms with Gasteiger partial charge < -0.3 is 34.8 Å². The highest BCUT2D eigenvalue weighted by atomic mass is 16.6. The van der Waals surface area contributed by atoms with Crippen LogP contribution in [0.2, 0.25) is 0 Å². The van der Waals surface area contributed by atoms with Crippen LogP contribution < -0.4 is 5.32 Å². The van der Waals surface area contributed by atoms with Crippen molar-refractivity contribution in [3.05, 3.63) is 58.7 Å². The molecule has 0 unspecified atom stereocenters. The lowest BCUT2D eigenvalue weighted by molar-refractivity contribution is -0.142. The first-order valence-corrected chi connectivity index (χ1v) is 17.6. The van der Waals surface area contributed by atoms with E-state index in [1.54, 1.807) is 4.90 Å². The first kappa shape index (κ1) is 34.5. The number of amides is 4. The zero-order valence-electron chi connectivity index (χ0n) is 28.7. The molecule has 3 heterocycles. The number of benzene rings is 2. The number of anilines is 1. The maximum Gasteiger partial charge on any atom is 0.410 e. The SMILES string of the molecule is CCN(CC)CCC1CCN(C(=O)[C@@H](Cc2cc(C)c(O)c(C)c2)OC(=O)N2CCC(N3CCc4ccccc4NC3=O)CC2)CC1. The molecule has 0 bridgehead atoms. The number of aromatic hydroxyl groups is 1. The number of rotatable bonds is 10. The van der Waals surface area contributed by atoms with E-state index in [-0.39, 0.29) is 30.2 Å². The van der Waals surface area contributed by atoms with Crippen LogP contribution in [0.25, 0.3) is 0 Å². The van der Waals surface area contributed by atoms with Crippen LogP contribution in [0.1, 0.15) is 68.2 Å². The Labute approximate surface area is 280 Å². The molecule has 1 atom stereocenters. The van der Waals surface area contributed by atoms with E-state index in [9.17, 15) is 19.5 Å². The molecule has 5 rings (SSSR count). The molecule has 0 aliphatic carbocycles. The van der Waals surface area contributed by atoms with Crippen LogP contribution in [-0.4, -0.2) is 107 Å². The number of hydrogen-bond donors (Lipinski definition) is 2. The van der Waals surface area contributed by atoms with Crippen LogP contribution in [-0.2, 0) is 22.4 Å². The number of urea groups is 1. The van der Waals surface area contributed by atoms with Crippen LogP contribution in [0, 0.1) is 19.8 Å². The first-order valence-electron chi connectivity index (χ1n) is 17.6. The number of hydrogen-bond acceptors (Lipinski definition) is 6. The molecular weight excluding hydrogens is 594 g/mol. The highest BCUT2D eigenvalue weighted by Crippen LogP contribution is 2.28. The zero-order chi connectivity index (χ0) is 33.5.